The van der Waals surface area contributed by atoms with Gasteiger partial charge in [0.05, 0.1) is 17.2 Å². The summed E-state index contributed by atoms with van der Waals surface area (Å²) in [6.07, 6.45) is 1.61. The van der Waals surface area contributed by atoms with E-state index >= 15 is 0 Å². The van der Waals surface area contributed by atoms with E-state index in [1.807, 2.05) is 43.3 Å². The highest BCUT2D eigenvalue weighted by Crippen LogP contribution is 2.11. The first-order chi connectivity index (χ1) is 12.2. The van der Waals surface area contributed by atoms with Crippen molar-refractivity contribution in [1.82, 2.24) is 25.2 Å². The molecule has 2 aromatic carbocycles. The normalized spacial score (nSPS) is 12.7. The molecule has 0 radical (unpaired) electrons. The molecule has 0 fully saturated rings. The zero-order valence-electron chi connectivity index (χ0n) is 13.7. The van der Waals surface area contributed by atoms with E-state index in [1.54, 1.807) is 17.0 Å². The summed E-state index contributed by atoms with van der Waals surface area (Å²) in [4.78, 5) is 16.9. The fourth-order valence-corrected chi connectivity index (χ4v) is 2.83. The predicted molar refractivity (Wildman–Crippen MR) is 94.1 cm³/mol. The fourth-order valence-electron chi connectivity index (χ4n) is 2.83. The van der Waals surface area contributed by atoms with Gasteiger partial charge in [-0.05, 0) is 47.1 Å². The number of benzene rings is 2. The summed E-state index contributed by atoms with van der Waals surface area (Å²) >= 11 is 0. The topological polar surface area (TPSA) is 85.8 Å². The Bertz CT molecular complexity index is 1090. The van der Waals surface area contributed by atoms with E-state index in [4.69, 9.17) is 4.63 Å². The average molecular weight is 335 g/mol. The van der Waals surface area contributed by atoms with Crippen LogP contribution < -0.4 is 10.9 Å². The lowest BCUT2D eigenvalue weighted by atomic mass is 10.2. The third kappa shape index (κ3) is 3.14. The number of nitrogens with zero attached hydrogens (tertiary/aromatic N) is 4. The summed E-state index contributed by atoms with van der Waals surface area (Å²) in [6.45, 7) is 3.25. The smallest absolute Gasteiger partial charge is 0.261 e. The molecule has 4 aromatic rings. The first-order valence-electron chi connectivity index (χ1n) is 8.09. The van der Waals surface area contributed by atoms with Crippen molar-refractivity contribution in [2.75, 3.05) is 0 Å². The van der Waals surface area contributed by atoms with E-state index < -0.39 is 0 Å². The summed E-state index contributed by atoms with van der Waals surface area (Å²) in [5, 5.41) is 11.7. The third-order valence-corrected chi connectivity index (χ3v) is 4.17. The van der Waals surface area contributed by atoms with E-state index in [0.717, 1.165) is 22.1 Å². The standard InChI is InChI=1S/C18H17N5O2/c1-12(19-9-13-6-7-16-17(8-13)22-25-21-16)10-23-11-20-15-5-3-2-4-14(15)18(23)24/h2-8,11-12,19H,9-10H2,1H3. The van der Waals surface area contributed by atoms with Gasteiger partial charge in [-0.15, -0.1) is 0 Å². The number of para-hydroxylation sites is 1. The van der Waals surface area contributed by atoms with Gasteiger partial charge in [0.25, 0.3) is 5.56 Å². The second-order valence-electron chi connectivity index (χ2n) is 6.09. The second kappa shape index (κ2) is 6.45. The number of aromatic nitrogens is 4. The molecule has 0 saturated carbocycles. The minimum absolute atomic E-state index is 0.0191. The van der Waals surface area contributed by atoms with Crippen LogP contribution in [-0.2, 0) is 13.1 Å². The summed E-state index contributed by atoms with van der Waals surface area (Å²) in [7, 11) is 0. The maximum Gasteiger partial charge on any atom is 0.261 e. The van der Waals surface area contributed by atoms with Crippen LogP contribution in [-0.4, -0.2) is 25.9 Å². The van der Waals surface area contributed by atoms with Crippen molar-refractivity contribution < 1.29 is 4.63 Å². The number of nitrogens with one attached hydrogen (secondary N) is 1. The van der Waals surface area contributed by atoms with Crippen LogP contribution in [0.1, 0.15) is 12.5 Å². The molecule has 2 heterocycles. The van der Waals surface area contributed by atoms with E-state index in [0.29, 0.717) is 18.5 Å². The molecule has 0 aliphatic rings. The van der Waals surface area contributed by atoms with Gasteiger partial charge in [0.1, 0.15) is 11.0 Å². The molecule has 126 valence electrons. The van der Waals surface area contributed by atoms with Gasteiger partial charge in [-0.1, -0.05) is 18.2 Å². The van der Waals surface area contributed by atoms with Gasteiger partial charge in [-0.2, -0.15) is 0 Å². The van der Waals surface area contributed by atoms with Gasteiger partial charge in [0.2, 0.25) is 0 Å². The average Bonchev–Trinajstić information content (AvgIpc) is 3.10. The molecule has 1 unspecified atom stereocenters. The van der Waals surface area contributed by atoms with Crippen molar-refractivity contribution in [2.45, 2.75) is 26.1 Å². The maximum atomic E-state index is 12.5. The molecule has 1 atom stereocenters. The number of fused-ring (bicyclic) bond motifs is 2. The van der Waals surface area contributed by atoms with Crippen molar-refractivity contribution in [3.63, 3.8) is 0 Å². The van der Waals surface area contributed by atoms with E-state index in [1.165, 1.54) is 0 Å². The highest BCUT2D eigenvalue weighted by molar-refractivity contribution is 5.76. The number of rotatable bonds is 5. The highest BCUT2D eigenvalue weighted by Gasteiger charge is 2.08. The predicted octanol–water partition coefficient (Wildman–Crippen LogP) is 2.11. The molecule has 2 aromatic heterocycles. The molecular formula is C18H17N5O2. The molecule has 25 heavy (non-hydrogen) atoms. The Morgan fingerprint density at radius 2 is 1.96 bits per heavy atom. The van der Waals surface area contributed by atoms with Gasteiger partial charge in [0.15, 0.2) is 0 Å². The Hall–Kier alpha value is -3.06. The van der Waals surface area contributed by atoms with Gasteiger partial charge in [-0.25, -0.2) is 9.61 Å². The molecule has 0 saturated heterocycles. The third-order valence-electron chi connectivity index (χ3n) is 4.17. The van der Waals surface area contributed by atoms with Crippen LogP contribution in [0.25, 0.3) is 21.9 Å². The molecule has 0 aliphatic heterocycles. The Morgan fingerprint density at radius 1 is 1.12 bits per heavy atom. The van der Waals surface area contributed by atoms with Gasteiger partial charge >= 0.3 is 0 Å². The van der Waals surface area contributed by atoms with Crippen molar-refractivity contribution in [1.29, 1.82) is 0 Å². The molecule has 1 N–H and O–H groups in total. The van der Waals surface area contributed by atoms with Crippen LogP contribution in [0.5, 0.6) is 0 Å². The first kappa shape index (κ1) is 15.5. The molecule has 7 nitrogen and oxygen atoms in total. The van der Waals surface area contributed by atoms with Crippen molar-refractivity contribution in [2.24, 2.45) is 0 Å². The Kier molecular flexibility index (Phi) is 3.99. The van der Waals surface area contributed by atoms with Crippen molar-refractivity contribution >= 4 is 21.9 Å². The molecular weight excluding hydrogens is 318 g/mol. The van der Waals surface area contributed by atoms with Gasteiger partial charge < -0.3 is 5.32 Å². The van der Waals surface area contributed by atoms with E-state index in [-0.39, 0.29) is 11.6 Å². The Morgan fingerprint density at radius 3 is 2.88 bits per heavy atom. The van der Waals surface area contributed by atoms with Gasteiger partial charge in [0, 0.05) is 19.1 Å². The fraction of sp³-hybridized carbons (Fsp3) is 0.222. The molecule has 0 spiro atoms. The summed E-state index contributed by atoms with van der Waals surface area (Å²) in [5.74, 6) is 0. The summed E-state index contributed by atoms with van der Waals surface area (Å²) in [6, 6.07) is 13.3. The minimum atomic E-state index is -0.0191. The maximum absolute atomic E-state index is 12.5. The van der Waals surface area contributed by atoms with E-state index in [9.17, 15) is 4.79 Å². The van der Waals surface area contributed by atoms with Crippen molar-refractivity contribution in [3.8, 4) is 0 Å². The SMILES string of the molecule is CC(Cn1cnc2ccccc2c1=O)NCc1ccc2nonc2c1. The number of hydrogen-bond acceptors (Lipinski definition) is 6. The summed E-state index contributed by atoms with van der Waals surface area (Å²) in [5.41, 5.74) is 3.26. The number of hydrogen-bond donors (Lipinski definition) is 1. The molecule has 4 rings (SSSR count). The quantitative estimate of drug-likeness (QED) is 0.601. The van der Waals surface area contributed by atoms with Crippen LogP contribution >= 0.6 is 0 Å². The Balaban J connectivity index is 1.46. The molecule has 0 amide bonds. The lowest BCUT2D eigenvalue weighted by Gasteiger charge is -2.15. The van der Waals surface area contributed by atoms with Crippen LogP contribution in [0.2, 0.25) is 0 Å². The highest BCUT2D eigenvalue weighted by atomic mass is 16.6. The van der Waals surface area contributed by atoms with E-state index in [2.05, 4.69) is 20.6 Å². The molecule has 7 heteroatoms. The molecule has 0 bridgehead atoms. The van der Waals surface area contributed by atoms with Crippen LogP contribution in [0, 0.1) is 0 Å². The van der Waals surface area contributed by atoms with Gasteiger partial charge in [-0.3, -0.25) is 9.36 Å². The monoisotopic (exact) mass is 335 g/mol. The first-order valence-corrected chi connectivity index (χ1v) is 8.09. The summed E-state index contributed by atoms with van der Waals surface area (Å²) < 4.78 is 6.35. The minimum Gasteiger partial charge on any atom is -0.308 e. The Labute approximate surface area is 143 Å². The van der Waals surface area contributed by atoms with Crippen molar-refractivity contribution in [3.05, 3.63) is 64.7 Å². The van der Waals surface area contributed by atoms with Crippen LogP contribution in [0.3, 0.4) is 0 Å². The van der Waals surface area contributed by atoms with Crippen LogP contribution in [0.15, 0.2) is 58.2 Å². The second-order valence-corrected chi connectivity index (χ2v) is 6.09. The largest absolute Gasteiger partial charge is 0.308 e. The van der Waals surface area contributed by atoms with Crippen LogP contribution in [0.4, 0.5) is 0 Å². The zero-order chi connectivity index (χ0) is 17.2. The zero-order valence-corrected chi connectivity index (χ0v) is 13.7. The lowest BCUT2D eigenvalue weighted by Crippen LogP contribution is -2.34. The lowest BCUT2D eigenvalue weighted by molar-refractivity contribution is 0.315. The molecule has 0 aliphatic carbocycles.